The van der Waals surface area contributed by atoms with Gasteiger partial charge in [-0.3, -0.25) is 9.59 Å². The molecule has 0 bridgehead atoms. The summed E-state index contributed by atoms with van der Waals surface area (Å²) in [4.78, 5) is 24.1. The van der Waals surface area contributed by atoms with Gasteiger partial charge in [-0.2, -0.15) is 5.21 Å². The Morgan fingerprint density at radius 1 is 0.818 bits per heavy atom. The van der Waals surface area contributed by atoms with Crippen LogP contribution in [0.3, 0.4) is 0 Å². The smallest absolute Gasteiger partial charge is 0.234 e. The number of carbonyl (C=O) groups excluding carboxylic acids is 2. The van der Waals surface area contributed by atoms with Crippen LogP contribution in [0.5, 0.6) is 0 Å². The van der Waals surface area contributed by atoms with E-state index in [1.807, 2.05) is 30.3 Å². The molecule has 0 radical (unpaired) electrons. The number of anilines is 2. The van der Waals surface area contributed by atoms with Gasteiger partial charge in [0.25, 0.3) is 0 Å². The fourth-order valence-corrected chi connectivity index (χ4v) is 4.47. The Hall–Kier alpha value is -3.65. The van der Waals surface area contributed by atoms with Gasteiger partial charge >= 0.3 is 0 Å². The molecule has 4 rings (SSSR count). The summed E-state index contributed by atoms with van der Waals surface area (Å²) < 4.78 is 0. The highest BCUT2D eigenvalue weighted by atomic mass is 32.1. The number of H-pyrrole nitrogens is 1. The van der Waals surface area contributed by atoms with E-state index in [1.54, 1.807) is 0 Å². The Kier molecular flexibility index (Phi) is 7.71. The summed E-state index contributed by atoms with van der Waals surface area (Å²) in [7, 11) is 0. The molecule has 0 aliphatic carbocycles. The monoisotopic (exact) mass is 490 g/mol. The number of hydrogen-bond acceptors (Lipinski definition) is 11. The van der Waals surface area contributed by atoms with Crippen LogP contribution in [-0.2, 0) is 35.3 Å². The second-order valence-corrected chi connectivity index (χ2v) is 9.10. The van der Waals surface area contributed by atoms with Crippen LogP contribution in [-0.4, -0.2) is 52.8 Å². The zero-order valence-corrected chi connectivity index (χ0v) is 19.0. The first kappa shape index (κ1) is 22.5. The zero-order valence-electron chi connectivity index (χ0n) is 17.4. The number of unbranched alkanes of at least 4 members (excludes halogenated alkanes) is 1. The molecule has 0 saturated heterocycles. The molecular formula is C19H26N10O2S2. The van der Waals surface area contributed by atoms with Crippen molar-refractivity contribution in [2.75, 3.05) is 10.6 Å². The van der Waals surface area contributed by atoms with Crippen molar-refractivity contribution in [3.05, 3.63) is 51.7 Å². The van der Waals surface area contributed by atoms with Crippen molar-refractivity contribution in [3.8, 4) is 0 Å². The number of aryl methyl sites for hydroxylation is 2. The van der Waals surface area contributed by atoms with E-state index in [0.717, 1.165) is 41.3 Å². The van der Waals surface area contributed by atoms with Crippen LogP contribution >= 0.6 is 22.7 Å². The Bertz CT molecular complexity index is 1190. The second kappa shape index (κ2) is 11.3. The SMILES string of the molecule is O=C(Cc1ccccc1)Nc1nnc(CCCCc2nnc(NC(=O)Cc3nn[nH]n3)s2)s1.[HH].[HH].[HH]. The van der Waals surface area contributed by atoms with Crippen molar-refractivity contribution in [2.45, 2.75) is 38.5 Å². The van der Waals surface area contributed by atoms with Gasteiger partial charge in [-0.05, 0) is 18.4 Å². The van der Waals surface area contributed by atoms with Crippen molar-refractivity contribution < 1.29 is 13.9 Å². The topological polar surface area (TPSA) is 164 Å². The Balaban J connectivity index is 0.00000216. The summed E-state index contributed by atoms with van der Waals surface area (Å²) in [5, 5.41) is 37.7. The number of amides is 2. The largest absolute Gasteiger partial charge is 0.300 e. The molecule has 0 aliphatic heterocycles. The molecule has 0 spiro atoms. The maximum Gasteiger partial charge on any atom is 0.234 e. The highest BCUT2D eigenvalue weighted by molar-refractivity contribution is 7.15. The molecule has 2 amide bonds. The quantitative estimate of drug-likeness (QED) is 0.268. The number of carbonyl (C=O) groups is 2. The number of aromatic amines is 1. The molecule has 3 aromatic heterocycles. The standard InChI is InChI=1S/C19H20N10O2S2.3H2/c30-14(10-12-6-2-1-3-7-12)20-18-26-24-16(32-18)8-4-5-9-17-25-27-19(33-17)21-15(31)11-13-22-28-29-23-13;;;/h1-3,6-7H,4-5,8-11H2,(H,20,26,30)(H,21,27,31)(H,22,23,28,29);3*1H. The van der Waals surface area contributed by atoms with E-state index in [0.29, 0.717) is 22.5 Å². The lowest BCUT2D eigenvalue weighted by Gasteiger charge is -2.00. The van der Waals surface area contributed by atoms with Gasteiger partial charge in [0.1, 0.15) is 10.0 Å². The summed E-state index contributed by atoms with van der Waals surface area (Å²) in [5.74, 6) is -0.0739. The Labute approximate surface area is 200 Å². The molecule has 176 valence electrons. The lowest BCUT2D eigenvalue weighted by atomic mass is 10.1. The average Bonchev–Trinajstić information content (AvgIpc) is 3.55. The molecule has 1 aromatic carbocycles. The first-order valence-electron chi connectivity index (χ1n) is 10.1. The van der Waals surface area contributed by atoms with Crippen molar-refractivity contribution in [1.82, 2.24) is 41.0 Å². The van der Waals surface area contributed by atoms with E-state index < -0.39 is 0 Å². The fraction of sp³-hybridized carbons (Fsp3) is 0.316. The van der Waals surface area contributed by atoms with Crippen LogP contribution in [0.2, 0.25) is 0 Å². The predicted molar refractivity (Wildman–Crippen MR) is 128 cm³/mol. The number of hydrogen-bond donors (Lipinski definition) is 3. The van der Waals surface area contributed by atoms with E-state index in [-0.39, 0.29) is 22.5 Å². The van der Waals surface area contributed by atoms with Crippen LogP contribution in [0.15, 0.2) is 30.3 Å². The van der Waals surface area contributed by atoms with E-state index in [2.05, 4.69) is 51.7 Å². The van der Waals surface area contributed by atoms with Gasteiger partial charge in [0, 0.05) is 17.1 Å². The van der Waals surface area contributed by atoms with Crippen LogP contribution in [0, 0.1) is 0 Å². The first-order chi connectivity index (χ1) is 16.1. The van der Waals surface area contributed by atoms with Crippen LogP contribution < -0.4 is 10.6 Å². The minimum atomic E-state index is -0.276. The van der Waals surface area contributed by atoms with Gasteiger partial charge in [0.05, 0.1) is 12.8 Å². The van der Waals surface area contributed by atoms with E-state index >= 15 is 0 Å². The highest BCUT2D eigenvalue weighted by Gasteiger charge is 2.12. The number of tetrazole rings is 1. The molecule has 0 atom stereocenters. The summed E-state index contributed by atoms with van der Waals surface area (Å²) in [6, 6.07) is 9.55. The number of rotatable bonds is 11. The van der Waals surface area contributed by atoms with Gasteiger partial charge in [0.2, 0.25) is 22.1 Å². The molecule has 14 heteroatoms. The minimum Gasteiger partial charge on any atom is -0.300 e. The molecule has 3 N–H and O–H groups in total. The number of benzene rings is 1. The van der Waals surface area contributed by atoms with E-state index in [9.17, 15) is 9.59 Å². The second-order valence-electron chi connectivity index (χ2n) is 6.97. The maximum absolute atomic E-state index is 12.1. The van der Waals surface area contributed by atoms with Crippen molar-refractivity contribution in [3.63, 3.8) is 0 Å². The van der Waals surface area contributed by atoms with Crippen LogP contribution in [0.4, 0.5) is 10.3 Å². The zero-order chi connectivity index (χ0) is 22.9. The normalized spacial score (nSPS) is 10.8. The number of aromatic nitrogens is 8. The molecule has 4 aromatic rings. The highest BCUT2D eigenvalue weighted by Crippen LogP contribution is 2.20. The Morgan fingerprint density at radius 3 is 2.00 bits per heavy atom. The van der Waals surface area contributed by atoms with Gasteiger partial charge in [0.15, 0.2) is 5.82 Å². The van der Waals surface area contributed by atoms with Crippen molar-refractivity contribution in [1.29, 1.82) is 0 Å². The third-order valence-corrected chi connectivity index (χ3v) is 6.17. The van der Waals surface area contributed by atoms with Gasteiger partial charge in [-0.15, -0.1) is 30.6 Å². The van der Waals surface area contributed by atoms with E-state index in [1.165, 1.54) is 22.7 Å². The summed E-state index contributed by atoms with van der Waals surface area (Å²) in [5.41, 5.74) is 0.950. The molecule has 3 heterocycles. The molecule has 0 unspecified atom stereocenters. The van der Waals surface area contributed by atoms with Gasteiger partial charge in [-0.1, -0.05) is 58.2 Å². The molecule has 12 nitrogen and oxygen atoms in total. The minimum absolute atomic E-state index is 0. The molecule has 0 saturated carbocycles. The molecule has 33 heavy (non-hydrogen) atoms. The lowest BCUT2D eigenvalue weighted by Crippen LogP contribution is -2.15. The van der Waals surface area contributed by atoms with Crippen LogP contribution in [0.1, 0.15) is 38.5 Å². The Morgan fingerprint density at radius 2 is 1.42 bits per heavy atom. The fourth-order valence-electron chi connectivity index (χ4n) is 2.87. The number of nitrogens with one attached hydrogen (secondary N) is 3. The van der Waals surface area contributed by atoms with Gasteiger partial charge in [-0.25, -0.2) is 0 Å². The molecule has 0 aliphatic rings. The third kappa shape index (κ3) is 7.18. The summed E-state index contributed by atoms with van der Waals surface area (Å²) in [6.07, 6.45) is 3.61. The first-order valence-corrected chi connectivity index (χ1v) is 11.8. The van der Waals surface area contributed by atoms with Crippen molar-refractivity contribution >= 4 is 44.8 Å². The lowest BCUT2D eigenvalue weighted by molar-refractivity contribution is -0.116. The maximum atomic E-state index is 12.1. The average molecular weight is 491 g/mol. The van der Waals surface area contributed by atoms with Crippen LogP contribution in [0.25, 0.3) is 0 Å². The summed E-state index contributed by atoms with van der Waals surface area (Å²) in [6.45, 7) is 0. The number of nitrogens with zero attached hydrogens (tertiary/aromatic N) is 7. The van der Waals surface area contributed by atoms with Gasteiger partial charge < -0.3 is 10.6 Å². The van der Waals surface area contributed by atoms with E-state index in [4.69, 9.17) is 0 Å². The van der Waals surface area contributed by atoms with Crippen molar-refractivity contribution in [2.24, 2.45) is 0 Å². The summed E-state index contributed by atoms with van der Waals surface area (Å²) >= 11 is 2.73. The third-order valence-electron chi connectivity index (χ3n) is 4.37. The predicted octanol–water partition coefficient (Wildman–Crippen LogP) is 2.57. The molecular weight excluding hydrogens is 464 g/mol. The molecule has 0 fully saturated rings.